The molecule has 1 saturated carbocycles. The molecule has 0 aliphatic heterocycles. The van der Waals surface area contributed by atoms with E-state index in [1.165, 1.54) is 37.7 Å². The van der Waals surface area contributed by atoms with Gasteiger partial charge in [0.05, 0.1) is 12.7 Å². The van der Waals surface area contributed by atoms with Crippen molar-refractivity contribution in [3.63, 3.8) is 0 Å². The molecule has 1 aliphatic carbocycles. The Bertz CT molecular complexity index is 288. The van der Waals surface area contributed by atoms with Gasteiger partial charge in [0, 0.05) is 4.90 Å². The van der Waals surface area contributed by atoms with Crippen LogP contribution in [0.15, 0.2) is 29.2 Å². The van der Waals surface area contributed by atoms with Gasteiger partial charge >= 0.3 is 0 Å². The minimum absolute atomic E-state index is 0.495. The lowest BCUT2D eigenvalue weighted by Crippen LogP contribution is -2.16. The molecule has 0 saturated heterocycles. The smallest absolute Gasteiger partial charge is 0.0720 e. The summed E-state index contributed by atoms with van der Waals surface area (Å²) < 4.78 is 5.88. The normalized spacial score (nSPS) is 17.9. The minimum atomic E-state index is 0.495. The summed E-state index contributed by atoms with van der Waals surface area (Å²) in [7, 11) is 0. The first-order valence-electron chi connectivity index (χ1n) is 5.74. The maximum absolute atomic E-state index is 5.88. The number of rotatable bonds is 3. The first-order valence-corrected chi connectivity index (χ1v) is 6.19. The van der Waals surface area contributed by atoms with Gasteiger partial charge in [0.25, 0.3) is 0 Å². The average molecular weight is 222 g/mol. The van der Waals surface area contributed by atoms with Gasteiger partial charge in [0.1, 0.15) is 0 Å². The van der Waals surface area contributed by atoms with Crippen LogP contribution in [0.2, 0.25) is 0 Å². The van der Waals surface area contributed by atoms with Crippen LogP contribution in [0.1, 0.15) is 37.7 Å². The Labute approximate surface area is 97.2 Å². The highest BCUT2D eigenvalue weighted by atomic mass is 32.1. The zero-order valence-corrected chi connectivity index (χ0v) is 9.88. The molecule has 0 N–H and O–H groups in total. The second-order valence-corrected chi connectivity index (χ2v) is 4.75. The Kier molecular flexibility index (Phi) is 4.09. The number of thiol groups is 1. The third-order valence-corrected chi connectivity index (χ3v) is 3.27. The van der Waals surface area contributed by atoms with Gasteiger partial charge in [-0.05, 0) is 30.5 Å². The summed E-state index contributed by atoms with van der Waals surface area (Å²) in [5.74, 6) is 0. The van der Waals surface area contributed by atoms with Gasteiger partial charge in [-0.2, -0.15) is 0 Å². The van der Waals surface area contributed by atoms with E-state index >= 15 is 0 Å². The van der Waals surface area contributed by atoms with Crippen molar-refractivity contribution in [2.45, 2.75) is 49.7 Å². The van der Waals surface area contributed by atoms with Crippen molar-refractivity contribution in [3.05, 3.63) is 29.8 Å². The van der Waals surface area contributed by atoms with Crippen molar-refractivity contribution >= 4 is 12.6 Å². The van der Waals surface area contributed by atoms with Gasteiger partial charge < -0.3 is 4.74 Å². The van der Waals surface area contributed by atoms with Crippen molar-refractivity contribution in [2.75, 3.05) is 0 Å². The van der Waals surface area contributed by atoms with E-state index in [1.54, 1.807) is 0 Å². The molecule has 0 heterocycles. The highest BCUT2D eigenvalue weighted by molar-refractivity contribution is 7.80. The molecule has 0 bridgehead atoms. The van der Waals surface area contributed by atoms with Crippen LogP contribution in [-0.4, -0.2) is 6.10 Å². The van der Waals surface area contributed by atoms with Gasteiger partial charge in [-0.3, -0.25) is 0 Å². The summed E-state index contributed by atoms with van der Waals surface area (Å²) >= 11 is 4.26. The molecule has 82 valence electrons. The molecular weight excluding hydrogens is 204 g/mol. The zero-order chi connectivity index (χ0) is 10.5. The standard InChI is InChI=1S/C13H18OS/c15-13-8-6-11(7-9-13)10-14-12-4-2-1-3-5-12/h6-9,12,15H,1-5,10H2. The summed E-state index contributed by atoms with van der Waals surface area (Å²) in [6.45, 7) is 0.749. The Morgan fingerprint density at radius 2 is 1.73 bits per heavy atom. The van der Waals surface area contributed by atoms with E-state index in [1.807, 2.05) is 12.1 Å². The van der Waals surface area contributed by atoms with Crippen LogP contribution in [-0.2, 0) is 11.3 Å². The highest BCUT2D eigenvalue weighted by Crippen LogP contribution is 2.21. The highest BCUT2D eigenvalue weighted by Gasteiger charge is 2.13. The average Bonchev–Trinajstić information content (AvgIpc) is 2.30. The van der Waals surface area contributed by atoms with Crippen LogP contribution in [0.25, 0.3) is 0 Å². The van der Waals surface area contributed by atoms with Crippen LogP contribution >= 0.6 is 12.6 Å². The fourth-order valence-corrected chi connectivity index (χ4v) is 2.19. The lowest BCUT2D eigenvalue weighted by atomic mass is 9.98. The number of hydrogen-bond acceptors (Lipinski definition) is 2. The molecule has 0 aromatic heterocycles. The molecule has 1 nitrogen and oxygen atoms in total. The van der Waals surface area contributed by atoms with Crippen LogP contribution in [0.5, 0.6) is 0 Å². The van der Waals surface area contributed by atoms with Crippen LogP contribution in [0.3, 0.4) is 0 Å². The SMILES string of the molecule is Sc1ccc(COC2CCCCC2)cc1. The first kappa shape index (κ1) is 11.0. The van der Waals surface area contributed by atoms with Crippen molar-refractivity contribution in [1.29, 1.82) is 0 Å². The van der Waals surface area contributed by atoms with E-state index in [0.717, 1.165) is 11.5 Å². The molecule has 0 spiro atoms. The molecule has 0 unspecified atom stereocenters. The molecule has 0 atom stereocenters. The molecule has 2 heteroatoms. The molecule has 0 radical (unpaired) electrons. The van der Waals surface area contributed by atoms with E-state index in [9.17, 15) is 0 Å². The molecule has 1 fully saturated rings. The van der Waals surface area contributed by atoms with Gasteiger partial charge in [-0.15, -0.1) is 12.6 Å². The lowest BCUT2D eigenvalue weighted by molar-refractivity contribution is 0.0168. The number of benzene rings is 1. The maximum Gasteiger partial charge on any atom is 0.0720 e. The largest absolute Gasteiger partial charge is 0.374 e. The van der Waals surface area contributed by atoms with E-state index in [2.05, 4.69) is 24.8 Å². The Hall–Kier alpha value is -0.470. The second kappa shape index (κ2) is 5.57. The molecule has 1 aliphatic rings. The summed E-state index contributed by atoms with van der Waals surface area (Å²) in [5.41, 5.74) is 1.25. The molecule has 1 aromatic rings. The van der Waals surface area contributed by atoms with E-state index in [0.29, 0.717) is 6.10 Å². The monoisotopic (exact) mass is 222 g/mol. The minimum Gasteiger partial charge on any atom is -0.374 e. The summed E-state index contributed by atoms with van der Waals surface area (Å²) in [5, 5.41) is 0. The Balaban J connectivity index is 1.79. The van der Waals surface area contributed by atoms with Crippen molar-refractivity contribution in [3.8, 4) is 0 Å². The predicted molar refractivity (Wildman–Crippen MR) is 65.4 cm³/mol. The van der Waals surface area contributed by atoms with E-state index in [4.69, 9.17) is 4.74 Å². The van der Waals surface area contributed by atoms with Gasteiger partial charge in [-0.1, -0.05) is 31.4 Å². The first-order chi connectivity index (χ1) is 7.34. The number of ether oxygens (including phenoxy) is 1. The van der Waals surface area contributed by atoms with Crippen molar-refractivity contribution < 1.29 is 4.74 Å². The molecule has 2 rings (SSSR count). The second-order valence-electron chi connectivity index (χ2n) is 4.24. The third-order valence-electron chi connectivity index (χ3n) is 2.97. The van der Waals surface area contributed by atoms with Crippen LogP contribution < -0.4 is 0 Å². The summed E-state index contributed by atoms with van der Waals surface area (Å²) in [6.07, 6.45) is 7.03. The predicted octanol–water partition coefficient (Wildman–Crippen LogP) is 3.82. The topological polar surface area (TPSA) is 9.23 Å². The lowest BCUT2D eigenvalue weighted by Gasteiger charge is -2.21. The Morgan fingerprint density at radius 1 is 1.07 bits per heavy atom. The quantitative estimate of drug-likeness (QED) is 0.765. The van der Waals surface area contributed by atoms with Crippen molar-refractivity contribution in [1.82, 2.24) is 0 Å². The Morgan fingerprint density at radius 3 is 2.40 bits per heavy atom. The van der Waals surface area contributed by atoms with Gasteiger partial charge in [0.2, 0.25) is 0 Å². The van der Waals surface area contributed by atoms with Crippen molar-refractivity contribution in [2.24, 2.45) is 0 Å². The zero-order valence-electron chi connectivity index (χ0n) is 8.98. The van der Waals surface area contributed by atoms with E-state index in [-0.39, 0.29) is 0 Å². The van der Waals surface area contributed by atoms with E-state index < -0.39 is 0 Å². The van der Waals surface area contributed by atoms with Gasteiger partial charge in [-0.25, -0.2) is 0 Å². The summed E-state index contributed by atoms with van der Waals surface area (Å²) in [6, 6.07) is 8.21. The van der Waals surface area contributed by atoms with Crippen LogP contribution in [0.4, 0.5) is 0 Å². The number of hydrogen-bond donors (Lipinski definition) is 1. The molecule has 15 heavy (non-hydrogen) atoms. The molecule has 0 amide bonds. The van der Waals surface area contributed by atoms with Crippen LogP contribution in [0, 0.1) is 0 Å². The fraction of sp³-hybridized carbons (Fsp3) is 0.538. The third kappa shape index (κ3) is 3.54. The molecular formula is C13H18OS. The molecule has 1 aromatic carbocycles. The maximum atomic E-state index is 5.88. The summed E-state index contributed by atoms with van der Waals surface area (Å²) in [4.78, 5) is 1.01. The van der Waals surface area contributed by atoms with Gasteiger partial charge in [0.15, 0.2) is 0 Å². The fourth-order valence-electron chi connectivity index (χ4n) is 2.04.